The van der Waals surface area contributed by atoms with Crippen molar-refractivity contribution in [2.45, 2.75) is 64.5 Å². The lowest BCUT2D eigenvalue weighted by atomic mass is 9.90. The molecule has 138 valence electrons. The number of likely N-dealkylation sites (tertiary alicyclic amines) is 1. The van der Waals surface area contributed by atoms with E-state index in [2.05, 4.69) is 5.10 Å². The number of aryl methyl sites for hydroxylation is 1. The average Bonchev–Trinajstić information content (AvgIpc) is 3.14. The fourth-order valence-corrected chi connectivity index (χ4v) is 3.55. The lowest BCUT2D eigenvalue weighted by molar-refractivity contribution is -0.132. The summed E-state index contributed by atoms with van der Waals surface area (Å²) in [6.07, 6.45) is 3.28. The summed E-state index contributed by atoms with van der Waals surface area (Å²) in [6, 6.07) is 0.239. The van der Waals surface area contributed by atoms with E-state index in [1.807, 2.05) is 17.8 Å². The van der Waals surface area contributed by atoms with Crippen LogP contribution < -0.4 is 0 Å². The van der Waals surface area contributed by atoms with Crippen LogP contribution in [-0.2, 0) is 14.3 Å². The second-order valence-electron chi connectivity index (χ2n) is 7.89. The molecule has 2 fully saturated rings. The Kier molecular flexibility index (Phi) is 4.86. The van der Waals surface area contributed by atoms with Gasteiger partial charge in [-0.25, -0.2) is 9.69 Å². The van der Waals surface area contributed by atoms with Crippen molar-refractivity contribution >= 4 is 12.0 Å². The molecule has 2 aliphatic heterocycles. The number of hydrogen-bond donors (Lipinski definition) is 0. The van der Waals surface area contributed by atoms with Gasteiger partial charge >= 0.3 is 6.09 Å². The van der Waals surface area contributed by atoms with E-state index in [1.165, 1.54) is 4.90 Å². The monoisotopic (exact) mass is 349 g/mol. The smallest absolute Gasteiger partial charge is 0.417 e. The fourth-order valence-electron chi connectivity index (χ4n) is 3.55. The van der Waals surface area contributed by atoms with Crippen molar-refractivity contribution in [2.75, 3.05) is 19.8 Å². The van der Waals surface area contributed by atoms with Gasteiger partial charge in [-0.1, -0.05) is 0 Å². The Morgan fingerprint density at radius 2 is 2.12 bits per heavy atom. The molecule has 2 atom stereocenters. The van der Waals surface area contributed by atoms with Crippen molar-refractivity contribution in [3.05, 3.63) is 17.5 Å². The van der Waals surface area contributed by atoms with Gasteiger partial charge in [0, 0.05) is 31.2 Å². The molecule has 1 unspecified atom stereocenters. The number of carbonyl (C=O) groups is 2. The number of hydrogen-bond acceptors (Lipinski definition) is 5. The first-order valence-corrected chi connectivity index (χ1v) is 8.91. The maximum Gasteiger partial charge on any atom is 0.417 e. The highest BCUT2D eigenvalue weighted by Gasteiger charge is 2.36. The SMILES string of the molecule is Cc1cnn([C@H]2CCOC2)c1C1CCN(C(=O)OC(C)(C)C)C(=O)C1. The molecule has 0 bridgehead atoms. The topological polar surface area (TPSA) is 73.7 Å². The van der Waals surface area contributed by atoms with Gasteiger partial charge in [0.1, 0.15) is 5.60 Å². The highest BCUT2D eigenvalue weighted by molar-refractivity contribution is 5.93. The van der Waals surface area contributed by atoms with Crippen molar-refractivity contribution in [3.63, 3.8) is 0 Å². The summed E-state index contributed by atoms with van der Waals surface area (Å²) in [5, 5.41) is 4.52. The quantitative estimate of drug-likeness (QED) is 0.821. The fraction of sp³-hybridized carbons (Fsp3) is 0.722. The predicted octanol–water partition coefficient (Wildman–Crippen LogP) is 2.79. The zero-order valence-corrected chi connectivity index (χ0v) is 15.4. The van der Waals surface area contributed by atoms with Crippen LogP contribution in [0.25, 0.3) is 0 Å². The van der Waals surface area contributed by atoms with Crippen molar-refractivity contribution in [1.82, 2.24) is 14.7 Å². The molecule has 1 aromatic rings. The molecule has 0 aromatic carbocycles. The zero-order valence-electron chi connectivity index (χ0n) is 15.4. The number of piperidine rings is 1. The van der Waals surface area contributed by atoms with E-state index in [0.29, 0.717) is 19.6 Å². The lowest BCUT2D eigenvalue weighted by Crippen LogP contribution is -2.45. The minimum atomic E-state index is -0.605. The van der Waals surface area contributed by atoms with E-state index in [-0.39, 0.29) is 17.9 Å². The summed E-state index contributed by atoms with van der Waals surface area (Å²) in [5.41, 5.74) is 1.59. The van der Waals surface area contributed by atoms with E-state index in [1.54, 1.807) is 20.8 Å². The van der Waals surface area contributed by atoms with Crippen LogP contribution in [0.2, 0.25) is 0 Å². The van der Waals surface area contributed by atoms with Gasteiger partial charge in [-0.15, -0.1) is 0 Å². The summed E-state index contributed by atoms with van der Waals surface area (Å²) in [5.74, 6) is -0.102. The average molecular weight is 349 g/mol. The second-order valence-corrected chi connectivity index (χ2v) is 7.89. The van der Waals surface area contributed by atoms with Gasteiger partial charge in [-0.05, 0) is 46.1 Å². The second kappa shape index (κ2) is 6.78. The molecule has 7 nitrogen and oxygen atoms in total. The Morgan fingerprint density at radius 3 is 2.72 bits per heavy atom. The Hall–Kier alpha value is -1.89. The minimum absolute atomic E-state index is 0.0780. The van der Waals surface area contributed by atoms with Crippen molar-refractivity contribution in [1.29, 1.82) is 0 Å². The molecule has 2 saturated heterocycles. The Balaban J connectivity index is 1.72. The molecule has 2 aliphatic rings. The van der Waals surface area contributed by atoms with Crippen molar-refractivity contribution < 1.29 is 19.1 Å². The van der Waals surface area contributed by atoms with E-state index in [9.17, 15) is 9.59 Å². The first kappa shape index (κ1) is 17.9. The highest BCUT2D eigenvalue weighted by atomic mass is 16.6. The maximum atomic E-state index is 12.5. The van der Waals surface area contributed by atoms with Crippen LogP contribution in [0.1, 0.15) is 63.3 Å². The molecule has 0 radical (unpaired) electrons. The van der Waals surface area contributed by atoms with Crippen LogP contribution in [0.15, 0.2) is 6.20 Å². The molecule has 3 heterocycles. The molecule has 25 heavy (non-hydrogen) atoms. The zero-order chi connectivity index (χ0) is 18.2. The van der Waals surface area contributed by atoms with Crippen LogP contribution >= 0.6 is 0 Å². The third kappa shape index (κ3) is 3.86. The minimum Gasteiger partial charge on any atom is -0.443 e. The lowest BCUT2D eigenvalue weighted by Gasteiger charge is -2.32. The number of amides is 2. The van der Waals surface area contributed by atoms with E-state index in [0.717, 1.165) is 30.7 Å². The summed E-state index contributed by atoms with van der Waals surface area (Å²) in [6.45, 7) is 9.22. The van der Waals surface area contributed by atoms with Crippen molar-refractivity contribution in [3.8, 4) is 0 Å². The van der Waals surface area contributed by atoms with Crippen molar-refractivity contribution in [2.24, 2.45) is 0 Å². The van der Waals surface area contributed by atoms with Gasteiger partial charge < -0.3 is 9.47 Å². The number of rotatable bonds is 2. The number of aromatic nitrogens is 2. The van der Waals surface area contributed by atoms with E-state index >= 15 is 0 Å². The first-order valence-electron chi connectivity index (χ1n) is 8.91. The maximum absolute atomic E-state index is 12.5. The molecular formula is C18H27N3O4. The normalized spacial score (nSPS) is 24.6. The van der Waals surface area contributed by atoms with Crippen LogP contribution in [0.4, 0.5) is 4.79 Å². The van der Waals surface area contributed by atoms with Gasteiger partial charge in [0.05, 0.1) is 18.8 Å². The molecule has 1 aromatic heterocycles. The Labute approximate surface area is 148 Å². The van der Waals surface area contributed by atoms with Gasteiger partial charge in [-0.2, -0.15) is 5.10 Å². The number of imide groups is 1. The van der Waals surface area contributed by atoms with Crippen LogP contribution in [-0.4, -0.2) is 52.0 Å². The number of carbonyl (C=O) groups excluding carboxylic acids is 2. The van der Waals surface area contributed by atoms with Gasteiger partial charge in [-0.3, -0.25) is 9.48 Å². The molecular weight excluding hydrogens is 322 g/mol. The molecule has 0 saturated carbocycles. The molecule has 0 spiro atoms. The van der Waals surface area contributed by atoms with Gasteiger partial charge in [0.15, 0.2) is 0 Å². The van der Waals surface area contributed by atoms with E-state index < -0.39 is 11.7 Å². The Morgan fingerprint density at radius 1 is 1.36 bits per heavy atom. The van der Waals surface area contributed by atoms with Gasteiger partial charge in [0.25, 0.3) is 0 Å². The van der Waals surface area contributed by atoms with Crippen LogP contribution in [0, 0.1) is 6.92 Å². The molecule has 0 aliphatic carbocycles. The van der Waals surface area contributed by atoms with Gasteiger partial charge in [0.2, 0.25) is 5.91 Å². The standard InChI is InChI=1S/C18H27N3O4/c1-12-10-19-21(14-6-8-24-11-14)16(12)13-5-7-20(15(22)9-13)17(23)25-18(2,3)4/h10,13-14H,5-9,11H2,1-4H3/t13?,14-/m0/s1. The largest absolute Gasteiger partial charge is 0.443 e. The van der Waals surface area contributed by atoms with Crippen LogP contribution in [0.5, 0.6) is 0 Å². The highest BCUT2D eigenvalue weighted by Crippen LogP contribution is 2.34. The third-order valence-corrected chi connectivity index (χ3v) is 4.70. The summed E-state index contributed by atoms with van der Waals surface area (Å²) < 4.78 is 12.8. The molecule has 7 heteroatoms. The Bertz CT molecular complexity index is 656. The summed E-state index contributed by atoms with van der Waals surface area (Å²) in [4.78, 5) is 26.0. The molecule has 0 N–H and O–H groups in total. The number of ether oxygens (including phenoxy) is 2. The molecule has 2 amide bonds. The number of nitrogens with zero attached hydrogens (tertiary/aromatic N) is 3. The third-order valence-electron chi connectivity index (χ3n) is 4.70. The summed E-state index contributed by atoms with van der Waals surface area (Å²) >= 11 is 0. The predicted molar refractivity (Wildman–Crippen MR) is 91.4 cm³/mol. The van der Waals surface area contributed by atoms with Crippen LogP contribution in [0.3, 0.4) is 0 Å². The summed E-state index contributed by atoms with van der Waals surface area (Å²) in [7, 11) is 0. The molecule has 3 rings (SSSR count). The van der Waals surface area contributed by atoms with E-state index in [4.69, 9.17) is 9.47 Å². The first-order chi connectivity index (χ1) is 11.8.